The van der Waals surface area contributed by atoms with Crippen LogP contribution in [-0.4, -0.2) is 74.9 Å². The van der Waals surface area contributed by atoms with Crippen LogP contribution >= 0.6 is 0 Å². The SMILES string of the molecule is CC(=O)O.C[C@H](N)C(=O)O.C[C@H](N)C(=O)O.N=C(N)NCCC[C@H](N)C(=O)O. The van der Waals surface area contributed by atoms with Gasteiger partial charge >= 0.3 is 17.9 Å². The maximum Gasteiger partial charge on any atom is 0.320 e. The molecule has 28 heavy (non-hydrogen) atoms. The Morgan fingerprint density at radius 3 is 1.36 bits per heavy atom. The molecule has 0 radical (unpaired) electrons. The first kappa shape index (κ1) is 32.7. The number of carboxylic acid groups (broad SMARTS) is 4. The molecule has 3 atom stereocenters. The second-order valence-corrected chi connectivity index (χ2v) is 5.20. The number of aliphatic carboxylic acids is 4. The average molecular weight is 412 g/mol. The Balaban J connectivity index is -0.000000152. The van der Waals surface area contributed by atoms with Crippen LogP contribution in [0.2, 0.25) is 0 Å². The van der Waals surface area contributed by atoms with Crippen molar-refractivity contribution in [3.05, 3.63) is 0 Å². The van der Waals surface area contributed by atoms with Gasteiger partial charge in [-0.05, 0) is 26.7 Å². The number of nitrogens with one attached hydrogen (secondary N) is 2. The van der Waals surface area contributed by atoms with Gasteiger partial charge in [-0.3, -0.25) is 24.6 Å². The molecule has 0 aromatic heterocycles. The molecule has 0 heterocycles. The van der Waals surface area contributed by atoms with E-state index < -0.39 is 42.0 Å². The molecule has 0 aliphatic carbocycles. The number of rotatable bonds is 7. The summed E-state index contributed by atoms with van der Waals surface area (Å²) >= 11 is 0. The molecule has 0 bridgehead atoms. The summed E-state index contributed by atoms with van der Waals surface area (Å²) in [6, 6.07) is -2.28. The minimum Gasteiger partial charge on any atom is -0.481 e. The van der Waals surface area contributed by atoms with Crippen molar-refractivity contribution in [3.63, 3.8) is 0 Å². The van der Waals surface area contributed by atoms with Gasteiger partial charge in [0.2, 0.25) is 0 Å². The van der Waals surface area contributed by atoms with Crippen LogP contribution in [0.25, 0.3) is 0 Å². The summed E-state index contributed by atoms with van der Waals surface area (Å²) in [6.07, 6.45) is 0.975. The van der Waals surface area contributed by atoms with Gasteiger partial charge in [0, 0.05) is 13.5 Å². The highest BCUT2D eigenvalue weighted by atomic mass is 16.4. The zero-order valence-corrected chi connectivity index (χ0v) is 16.1. The van der Waals surface area contributed by atoms with Crippen LogP contribution in [0, 0.1) is 5.41 Å². The van der Waals surface area contributed by atoms with Crippen LogP contribution in [0.15, 0.2) is 0 Å². The van der Waals surface area contributed by atoms with Gasteiger partial charge in [0.05, 0.1) is 0 Å². The Hall–Kier alpha value is -2.97. The lowest BCUT2D eigenvalue weighted by Crippen LogP contribution is -2.34. The Labute approximate surface area is 162 Å². The van der Waals surface area contributed by atoms with Gasteiger partial charge in [-0.15, -0.1) is 0 Å². The summed E-state index contributed by atoms with van der Waals surface area (Å²) in [5.74, 6) is -3.87. The van der Waals surface area contributed by atoms with E-state index in [0.717, 1.165) is 6.92 Å². The summed E-state index contributed by atoms with van der Waals surface area (Å²) < 4.78 is 0. The van der Waals surface area contributed by atoms with E-state index in [0.29, 0.717) is 19.4 Å². The topological polar surface area (TPSA) is 289 Å². The van der Waals surface area contributed by atoms with Gasteiger partial charge in [-0.1, -0.05) is 0 Å². The van der Waals surface area contributed by atoms with Crippen LogP contribution < -0.4 is 28.3 Å². The second kappa shape index (κ2) is 20.3. The molecule has 14 nitrogen and oxygen atoms in total. The van der Waals surface area contributed by atoms with Gasteiger partial charge in [0.15, 0.2) is 5.96 Å². The van der Waals surface area contributed by atoms with E-state index in [1.807, 2.05) is 0 Å². The molecule has 0 spiro atoms. The highest BCUT2D eigenvalue weighted by Crippen LogP contribution is 1.92. The lowest BCUT2D eigenvalue weighted by atomic mass is 10.2. The molecule has 0 aliphatic rings. The summed E-state index contributed by atoms with van der Waals surface area (Å²) in [5, 5.41) is 40.9. The minimum absolute atomic E-state index is 0.112. The van der Waals surface area contributed by atoms with E-state index >= 15 is 0 Å². The van der Waals surface area contributed by atoms with Crippen molar-refractivity contribution in [3.8, 4) is 0 Å². The molecule has 166 valence electrons. The number of hydrogen-bond acceptors (Lipinski definition) is 8. The fraction of sp³-hybridized carbons (Fsp3) is 0.643. The van der Waals surface area contributed by atoms with Gasteiger partial charge in [0.1, 0.15) is 18.1 Å². The van der Waals surface area contributed by atoms with Crippen LogP contribution in [0.3, 0.4) is 0 Å². The first-order valence-corrected chi connectivity index (χ1v) is 7.78. The van der Waals surface area contributed by atoms with Crippen molar-refractivity contribution in [1.82, 2.24) is 5.32 Å². The van der Waals surface area contributed by atoms with Crippen molar-refractivity contribution < 1.29 is 39.6 Å². The van der Waals surface area contributed by atoms with Crippen LogP contribution in [0.5, 0.6) is 0 Å². The summed E-state index contributed by atoms with van der Waals surface area (Å²) in [4.78, 5) is 38.4. The smallest absolute Gasteiger partial charge is 0.320 e. The van der Waals surface area contributed by atoms with Gasteiger partial charge in [-0.25, -0.2) is 0 Å². The Morgan fingerprint density at radius 2 is 1.18 bits per heavy atom. The van der Waals surface area contributed by atoms with E-state index in [-0.39, 0.29) is 5.96 Å². The number of carbonyl (C=O) groups is 4. The third-order valence-electron chi connectivity index (χ3n) is 2.10. The molecule has 0 saturated heterocycles. The van der Waals surface area contributed by atoms with Crippen molar-refractivity contribution in [1.29, 1.82) is 5.41 Å². The third-order valence-corrected chi connectivity index (χ3v) is 2.10. The molecular weight excluding hydrogens is 380 g/mol. The summed E-state index contributed by atoms with van der Waals surface area (Å²) in [7, 11) is 0. The lowest BCUT2D eigenvalue weighted by molar-refractivity contribution is -0.139. The number of guanidine groups is 1. The lowest BCUT2D eigenvalue weighted by Gasteiger charge is -2.06. The van der Waals surface area contributed by atoms with Crippen molar-refractivity contribution in [2.45, 2.75) is 51.7 Å². The highest BCUT2D eigenvalue weighted by molar-refractivity contribution is 5.74. The molecule has 0 amide bonds. The summed E-state index contributed by atoms with van der Waals surface area (Å²) in [6.45, 7) is 4.40. The molecule has 0 aliphatic heterocycles. The van der Waals surface area contributed by atoms with E-state index in [2.05, 4.69) is 5.32 Å². The van der Waals surface area contributed by atoms with Crippen molar-refractivity contribution in [2.24, 2.45) is 22.9 Å². The predicted molar refractivity (Wildman–Crippen MR) is 101 cm³/mol. The molecule has 0 aromatic carbocycles. The van der Waals surface area contributed by atoms with Gasteiger partial charge in [-0.2, -0.15) is 0 Å². The normalized spacial score (nSPS) is 11.9. The number of hydrogen-bond donors (Lipinski definition) is 10. The average Bonchev–Trinajstić information content (AvgIpc) is 2.51. The zero-order chi connectivity index (χ0) is 23.4. The predicted octanol–water partition coefficient (Wildman–Crippen LogP) is -2.41. The van der Waals surface area contributed by atoms with E-state index in [9.17, 15) is 14.4 Å². The van der Waals surface area contributed by atoms with Crippen LogP contribution in [0.1, 0.15) is 33.6 Å². The third kappa shape index (κ3) is 43.5. The first-order chi connectivity index (χ1) is 12.6. The molecule has 14 N–H and O–H groups in total. The molecule has 14 heteroatoms. The fourth-order valence-electron chi connectivity index (χ4n) is 0.669. The molecule has 0 saturated carbocycles. The standard InChI is InChI=1S/C6H14N4O2.2C3H7NO2.C2H4O2/c7-4(5(11)12)2-1-3-10-6(8)9;2*1-2(4)3(5)6;1-2(3)4/h4H,1-3,7H2,(H,11,12)(H4,8,9,10);2*2H,4H2,1H3,(H,5,6);1H3,(H,3,4)/t4-;2*2-;/m000./s1. The van der Waals surface area contributed by atoms with Gasteiger partial charge in [0.25, 0.3) is 5.97 Å². The van der Waals surface area contributed by atoms with Crippen LogP contribution in [-0.2, 0) is 19.2 Å². The molecule has 0 rings (SSSR count). The van der Waals surface area contributed by atoms with Crippen LogP contribution in [0.4, 0.5) is 0 Å². The second-order valence-electron chi connectivity index (χ2n) is 5.20. The molecule has 0 fully saturated rings. The zero-order valence-electron chi connectivity index (χ0n) is 16.1. The molecule has 0 aromatic rings. The Morgan fingerprint density at radius 1 is 0.893 bits per heavy atom. The maximum atomic E-state index is 10.2. The van der Waals surface area contributed by atoms with Crippen molar-refractivity contribution >= 4 is 29.8 Å². The highest BCUT2D eigenvalue weighted by Gasteiger charge is 2.09. The quantitative estimate of drug-likeness (QED) is 0.118. The van der Waals surface area contributed by atoms with E-state index in [1.165, 1.54) is 13.8 Å². The fourth-order valence-corrected chi connectivity index (χ4v) is 0.669. The maximum absolute atomic E-state index is 10.2. The van der Waals surface area contributed by atoms with E-state index in [1.54, 1.807) is 0 Å². The Bertz CT molecular complexity index is 462. The van der Waals surface area contributed by atoms with Gasteiger partial charge < -0.3 is 48.7 Å². The molecular formula is C14H32N6O8. The largest absolute Gasteiger partial charge is 0.481 e. The molecule has 0 unspecified atom stereocenters. The number of nitrogens with two attached hydrogens (primary N) is 4. The van der Waals surface area contributed by atoms with E-state index in [4.69, 9.17) is 53.6 Å². The minimum atomic E-state index is -1.00. The summed E-state index contributed by atoms with van der Waals surface area (Å²) in [5.41, 5.74) is 19.9. The Kier molecular flexibility index (Phi) is 23.7. The monoisotopic (exact) mass is 412 g/mol. The number of carboxylic acids is 4. The van der Waals surface area contributed by atoms with Crippen molar-refractivity contribution in [2.75, 3.05) is 6.54 Å². The first-order valence-electron chi connectivity index (χ1n) is 7.78.